The van der Waals surface area contributed by atoms with Crippen LogP contribution in [0, 0.1) is 12.7 Å². The minimum Gasteiger partial charge on any atom is -0.505 e. The molecule has 0 saturated carbocycles. The Kier molecular flexibility index (Phi) is 4.25. The van der Waals surface area contributed by atoms with Gasteiger partial charge in [-0.1, -0.05) is 0 Å². The zero-order chi connectivity index (χ0) is 18.0. The highest BCUT2D eigenvalue weighted by atomic mass is 19.1. The SMILES string of the molecule is Cc1cc(NC(=O)O)ccc1Nc1cc(-c2ccc(O)c(F)c2)[nH]n1. The van der Waals surface area contributed by atoms with Crippen molar-refractivity contribution < 1.29 is 19.4 Å². The molecule has 0 fully saturated rings. The molecule has 3 aromatic rings. The summed E-state index contributed by atoms with van der Waals surface area (Å²) in [6, 6.07) is 10.8. The number of aryl methyl sites for hydroxylation is 1. The summed E-state index contributed by atoms with van der Waals surface area (Å²) in [4.78, 5) is 10.7. The third-order valence-electron chi connectivity index (χ3n) is 3.58. The monoisotopic (exact) mass is 342 g/mol. The number of phenols is 1. The van der Waals surface area contributed by atoms with Crippen molar-refractivity contribution in [1.82, 2.24) is 10.2 Å². The second-order valence-corrected chi connectivity index (χ2v) is 5.42. The predicted molar refractivity (Wildman–Crippen MR) is 91.8 cm³/mol. The van der Waals surface area contributed by atoms with E-state index in [-0.39, 0.29) is 0 Å². The second-order valence-electron chi connectivity index (χ2n) is 5.42. The van der Waals surface area contributed by atoms with Crippen LogP contribution in [0.15, 0.2) is 42.5 Å². The fourth-order valence-corrected chi connectivity index (χ4v) is 2.35. The minimum atomic E-state index is -1.13. The Balaban J connectivity index is 1.79. The van der Waals surface area contributed by atoms with Crippen molar-refractivity contribution in [1.29, 1.82) is 0 Å². The number of nitrogens with one attached hydrogen (secondary N) is 3. The first-order chi connectivity index (χ1) is 11.9. The predicted octanol–water partition coefficient (Wildman–Crippen LogP) is 4.06. The Hall–Kier alpha value is -3.55. The molecule has 2 aromatic carbocycles. The molecule has 3 rings (SSSR count). The molecule has 8 heteroatoms. The van der Waals surface area contributed by atoms with E-state index in [4.69, 9.17) is 5.11 Å². The molecule has 0 aliphatic carbocycles. The fourth-order valence-electron chi connectivity index (χ4n) is 2.35. The Morgan fingerprint density at radius 3 is 2.68 bits per heavy atom. The van der Waals surface area contributed by atoms with E-state index in [1.54, 1.807) is 30.3 Å². The largest absolute Gasteiger partial charge is 0.505 e. The van der Waals surface area contributed by atoms with Gasteiger partial charge >= 0.3 is 6.09 Å². The number of phenolic OH excluding ortho intramolecular Hbond substituents is 1. The van der Waals surface area contributed by atoms with Crippen LogP contribution >= 0.6 is 0 Å². The Bertz CT molecular complexity index is 939. The molecule has 0 bridgehead atoms. The highest BCUT2D eigenvalue weighted by Gasteiger charge is 2.09. The van der Waals surface area contributed by atoms with E-state index in [1.807, 2.05) is 6.92 Å². The summed E-state index contributed by atoms with van der Waals surface area (Å²) in [7, 11) is 0. The quantitative estimate of drug-likeness (QED) is 0.491. The number of carboxylic acid groups (broad SMARTS) is 1. The number of nitrogens with zero attached hydrogens (tertiary/aromatic N) is 1. The van der Waals surface area contributed by atoms with Crippen molar-refractivity contribution >= 4 is 23.3 Å². The van der Waals surface area contributed by atoms with Crippen LogP contribution in [0.3, 0.4) is 0 Å². The van der Waals surface area contributed by atoms with Gasteiger partial charge in [0.1, 0.15) is 0 Å². The molecule has 0 unspecified atom stereocenters. The molecular weight excluding hydrogens is 327 g/mol. The van der Waals surface area contributed by atoms with Crippen molar-refractivity contribution in [2.24, 2.45) is 0 Å². The van der Waals surface area contributed by atoms with Crippen LogP contribution < -0.4 is 10.6 Å². The molecule has 1 aromatic heterocycles. The molecule has 25 heavy (non-hydrogen) atoms. The Morgan fingerprint density at radius 2 is 2.00 bits per heavy atom. The van der Waals surface area contributed by atoms with Crippen LogP contribution in [0.1, 0.15) is 5.56 Å². The van der Waals surface area contributed by atoms with Gasteiger partial charge in [0.05, 0.1) is 5.69 Å². The molecule has 0 atom stereocenters. The Morgan fingerprint density at radius 1 is 1.20 bits per heavy atom. The van der Waals surface area contributed by atoms with Crippen molar-refractivity contribution in [3.63, 3.8) is 0 Å². The normalized spacial score (nSPS) is 10.5. The van der Waals surface area contributed by atoms with Crippen LogP contribution in [0.25, 0.3) is 11.3 Å². The zero-order valence-corrected chi connectivity index (χ0v) is 13.2. The van der Waals surface area contributed by atoms with Gasteiger partial charge in [0.2, 0.25) is 0 Å². The number of aromatic amines is 1. The molecule has 1 heterocycles. The van der Waals surface area contributed by atoms with Crippen LogP contribution in [0.5, 0.6) is 5.75 Å². The van der Waals surface area contributed by atoms with Crippen LogP contribution in [-0.2, 0) is 0 Å². The first kappa shape index (κ1) is 16.3. The topological polar surface area (TPSA) is 110 Å². The number of hydrogen-bond donors (Lipinski definition) is 5. The third kappa shape index (κ3) is 3.69. The number of benzene rings is 2. The molecule has 1 amide bonds. The smallest absolute Gasteiger partial charge is 0.409 e. The maximum Gasteiger partial charge on any atom is 0.409 e. The van der Waals surface area contributed by atoms with Crippen LogP contribution in [0.2, 0.25) is 0 Å². The highest BCUT2D eigenvalue weighted by Crippen LogP contribution is 2.27. The van der Waals surface area contributed by atoms with Crippen LogP contribution in [-0.4, -0.2) is 26.5 Å². The molecule has 0 spiro atoms. The Labute approximate surface area is 142 Å². The number of rotatable bonds is 4. The van der Waals surface area contributed by atoms with Crippen LogP contribution in [0.4, 0.5) is 26.4 Å². The van der Waals surface area contributed by atoms with E-state index >= 15 is 0 Å². The lowest BCUT2D eigenvalue weighted by molar-refractivity contribution is 0.209. The number of hydrogen-bond acceptors (Lipinski definition) is 4. The molecule has 7 nitrogen and oxygen atoms in total. The van der Waals surface area contributed by atoms with Crippen molar-refractivity contribution in [3.05, 3.63) is 53.8 Å². The third-order valence-corrected chi connectivity index (χ3v) is 3.58. The molecule has 128 valence electrons. The number of aromatic nitrogens is 2. The van der Waals surface area contributed by atoms with E-state index in [0.717, 1.165) is 11.3 Å². The number of carbonyl (C=O) groups is 1. The maximum absolute atomic E-state index is 13.5. The van der Waals surface area contributed by atoms with Gasteiger partial charge in [-0.2, -0.15) is 5.10 Å². The summed E-state index contributed by atoms with van der Waals surface area (Å²) >= 11 is 0. The lowest BCUT2D eigenvalue weighted by Gasteiger charge is -2.09. The summed E-state index contributed by atoms with van der Waals surface area (Å²) in [5.41, 5.74) is 3.19. The molecule has 0 aliphatic heterocycles. The van der Waals surface area contributed by atoms with E-state index in [0.29, 0.717) is 22.8 Å². The number of aromatic hydroxyl groups is 1. The molecule has 0 radical (unpaired) electrons. The van der Waals surface area contributed by atoms with Gasteiger partial charge in [0.15, 0.2) is 17.4 Å². The van der Waals surface area contributed by atoms with Gasteiger partial charge in [-0.15, -0.1) is 0 Å². The summed E-state index contributed by atoms with van der Waals surface area (Å²) in [6.07, 6.45) is -1.13. The average molecular weight is 342 g/mol. The van der Waals surface area contributed by atoms with Crippen molar-refractivity contribution in [2.75, 3.05) is 10.6 Å². The van der Waals surface area contributed by atoms with Gasteiger partial charge in [-0.05, 0) is 48.9 Å². The zero-order valence-electron chi connectivity index (χ0n) is 13.2. The van der Waals surface area contributed by atoms with Crippen molar-refractivity contribution in [2.45, 2.75) is 6.92 Å². The summed E-state index contributed by atoms with van der Waals surface area (Å²) < 4.78 is 13.5. The number of amides is 1. The standard InChI is InChI=1S/C17H15FN4O3/c1-9-6-11(19-17(24)25)3-4-13(9)20-16-8-14(21-22-16)10-2-5-15(23)12(18)7-10/h2-8,19,23H,1H3,(H,24,25)(H2,20,21,22). The van der Waals surface area contributed by atoms with Gasteiger partial charge in [-0.25, -0.2) is 9.18 Å². The van der Waals surface area contributed by atoms with Gasteiger partial charge in [0.25, 0.3) is 0 Å². The molecular formula is C17H15FN4O3. The number of H-pyrrole nitrogens is 1. The van der Waals surface area contributed by atoms with E-state index < -0.39 is 17.7 Å². The minimum absolute atomic E-state index is 0.410. The van der Waals surface area contributed by atoms with E-state index in [9.17, 15) is 14.3 Å². The molecule has 5 N–H and O–H groups in total. The number of halogens is 1. The van der Waals surface area contributed by atoms with Gasteiger partial charge < -0.3 is 15.5 Å². The van der Waals surface area contributed by atoms with E-state index in [2.05, 4.69) is 20.8 Å². The lowest BCUT2D eigenvalue weighted by atomic mass is 10.1. The van der Waals surface area contributed by atoms with Crippen molar-refractivity contribution in [3.8, 4) is 17.0 Å². The fraction of sp³-hybridized carbons (Fsp3) is 0.0588. The van der Waals surface area contributed by atoms with Gasteiger partial charge in [-0.3, -0.25) is 10.4 Å². The average Bonchev–Trinajstić information content (AvgIpc) is 3.01. The first-order valence-corrected chi connectivity index (χ1v) is 7.34. The van der Waals surface area contributed by atoms with Gasteiger partial charge in [0, 0.05) is 23.0 Å². The molecule has 0 aliphatic rings. The summed E-state index contributed by atoms with van der Waals surface area (Å²) in [5.74, 6) is -0.600. The number of anilines is 3. The second kappa shape index (κ2) is 6.52. The molecule has 0 saturated heterocycles. The summed E-state index contributed by atoms with van der Waals surface area (Å²) in [5, 5.41) is 30.3. The first-order valence-electron chi connectivity index (χ1n) is 7.34. The lowest BCUT2D eigenvalue weighted by Crippen LogP contribution is -2.07. The highest BCUT2D eigenvalue weighted by molar-refractivity contribution is 5.83. The maximum atomic E-state index is 13.5. The summed E-state index contributed by atoms with van der Waals surface area (Å²) in [6.45, 7) is 1.83. The van der Waals surface area contributed by atoms with E-state index in [1.165, 1.54) is 12.1 Å².